The maximum atomic E-state index is 11.7. The minimum atomic E-state index is -0.405. The van der Waals surface area contributed by atoms with E-state index in [4.69, 9.17) is 15.2 Å². The molecule has 3 rings (SSSR count). The zero-order chi connectivity index (χ0) is 18.0. The molecule has 0 fully saturated rings. The Morgan fingerprint density at radius 1 is 1.28 bits per heavy atom. The molecule has 3 N–H and O–H groups in total. The number of nitrogens with one attached hydrogen (secondary N) is 1. The van der Waals surface area contributed by atoms with Crippen LogP contribution < -0.4 is 15.8 Å². The maximum Gasteiger partial charge on any atom is 0.337 e. The van der Waals surface area contributed by atoms with Gasteiger partial charge in [0.25, 0.3) is 0 Å². The summed E-state index contributed by atoms with van der Waals surface area (Å²) < 4.78 is 12.2. The Hall–Kier alpha value is -3.29. The van der Waals surface area contributed by atoms with Crippen molar-refractivity contribution in [1.82, 2.24) is 14.5 Å². The summed E-state index contributed by atoms with van der Waals surface area (Å²) in [6.07, 6.45) is 1.91. The third kappa shape index (κ3) is 3.06. The number of nitrogen functional groups attached to an aromatic ring is 1. The first-order valence-electron chi connectivity index (χ1n) is 7.62. The highest BCUT2D eigenvalue weighted by Crippen LogP contribution is 2.26. The van der Waals surface area contributed by atoms with Crippen LogP contribution in [0.1, 0.15) is 15.9 Å². The Bertz CT molecular complexity index is 935. The van der Waals surface area contributed by atoms with E-state index >= 15 is 0 Å². The molecule has 0 saturated carbocycles. The van der Waals surface area contributed by atoms with Crippen molar-refractivity contribution in [3.8, 4) is 5.75 Å². The number of esters is 1. The van der Waals surface area contributed by atoms with Gasteiger partial charge in [-0.15, -0.1) is 0 Å². The van der Waals surface area contributed by atoms with E-state index < -0.39 is 5.97 Å². The molecule has 0 unspecified atom stereocenters. The molecule has 0 aliphatic heterocycles. The average Bonchev–Trinajstić information content (AvgIpc) is 3.03. The molecule has 130 valence electrons. The standard InChI is InChI=1S/C17H19N5O3/c1-19-15-14-12(20-17(18)21-15)6-7-22(14)9-11-5-4-10(16(23)25-3)8-13(11)24-2/h4-8H,9H2,1-3H3,(H3,18,19,20,21). The number of methoxy groups -OCH3 is 2. The van der Waals surface area contributed by atoms with Crippen LogP contribution in [0, 0.1) is 0 Å². The van der Waals surface area contributed by atoms with Crippen molar-refractivity contribution in [2.45, 2.75) is 6.54 Å². The average molecular weight is 341 g/mol. The van der Waals surface area contributed by atoms with Crippen molar-refractivity contribution in [3.63, 3.8) is 0 Å². The Kier molecular flexibility index (Phi) is 4.42. The van der Waals surface area contributed by atoms with Gasteiger partial charge in [-0.05, 0) is 18.2 Å². The molecule has 2 heterocycles. The van der Waals surface area contributed by atoms with Crippen molar-refractivity contribution >= 4 is 28.8 Å². The third-order valence-electron chi connectivity index (χ3n) is 3.91. The molecular formula is C17H19N5O3. The third-order valence-corrected chi connectivity index (χ3v) is 3.91. The first-order valence-corrected chi connectivity index (χ1v) is 7.62. The van der Waals surface area contributed by atoms with Gasteiger partial charge in [-0.3, -0.25) is 0 Å². The fraction of sp³-hybridized carbons (Fsp3) is 0.235. The number of hydrogen-bond donors (Lipinski definition) is 2. The number of rotatable bonds is 5. The molecule has 8 heteroatoms. The maximum absolute atomic E-state index is 11.7. The van der Waals surface area contributed by atoms with Crippen molar-refractivity contribution < 1.29 is 14.3 Å². The smallest absolute Gasteiger partial charge is 0.337 e. The lowest BCUT2D eigenvalue weighted by molar-refractivity contribution is 0.0600. The Morgan fingerprint density at radius 3 is 2.76 bits per heavy atom. The van der Waals surface area contributed by atoms with Crippen LogP contribution in [0.15, 0.2) is 30.5 Å². The minimum Gasteiger partial charge on any atom is -0.496 e. The molecular weight excluding hydrogens is 322 g/mol. The van der Waals surface area contributed by atoms with Gasteiger partial charge in [-0.2, -0.15) is 4.98 Å². The Morgan fingerprint density at radius 2 is 2.08 bits per heavy atom. The summed E-state index contributed by atoms with van der Waals surface area (Å²) >= 11 is 0. The van der Waals surface area contributed by atoms with Gasteiger partial charge in [0, 0.05) is 18.8 Å². The topological polar surface area (TPSA) is 104 Å². The van der Waals surface area contributed by atoms with Gasteiger partial charge < -0.3 is 25.1 Å². The predicted octanol–water partition coefficient (Wildman–Crippen LogP) is 1.90. The van der Waals surface area contributed by atoms with E-state index in [1.807, 2.05) is 22.9 Å². The van der Waals surface area contributed by atoms with E-state index in [0.717, 1.165) is 16.6 Å². The normalized spacial score (nSPS) is 10.7. The van der Waals surface area contributed by atoms with Crippen LogP contribution in [0.5, 0.6) is 5.75 Å². The first kappa shape index (κ1) is 16.6. The number of nitrogens with zero attached hydrogens (tertiary/aromatic N) is 3. The van der Waals surface area contributed by atoms with Gasteiger partial charge in [-0.1, -0.05) is 6.07 Å². The van der Waals surface area contributed by atoms with Crippen LogP contribution in [0.3, 0.4) is 0 Å². The number of hydrogen-bond acceptors (Lipinski definition) is 7. The van der Waals surface area contributed by atoms with Crippen molar-refractivity contribution in [3.05, 3.63) is 41.6 Å². The van der Waals surface area contributed by atoms with Crippen LogP contribution in [0.2, 0.25) is 0 Å². The summed E-state index contributed by atoms with van der Waals surface area (Å²) in [5.74, 6) is 1.07. The van der Waals surface area contributed by atoms with Crippen LogP contribution in [0.25, 0.3) is 11.0 Å². The monoisotopic (exact) mass is 341 g/mol. The number of fused-ring (bicyclic) bond motifs is 1. The van der Waals surface area contributed by atoms with Crippen molar-refractivity contribution in [2.75, 3.05) is 32.3 Å². The Balaban J connectivity index is 2.03. The van der Waals surface area contributed by atoms with E-state index in [2.05, 4.69) is 15.3 Å². The van der Waals surface area contributed by atoms with Gasteiger partial charge >= 0.3 is 5.97 Å². The van der Waals surface area contributed by atoms with Crippen LogP contribution in [-0.2, 0) is 11.3 Å². The van der Waals surface area contributed by atoms with E-state index in [-0.39, 0.29) is 5.95 Å². The summed E-state index contributed by atoms with van der Waals surface area (Å²) in [5, 5.41) is 3.04. The number of carbonyl (C=O) groups is 1. The fourth-order valence-corrected chi connectivity index (χ4v) is 2.73. The molecule has 8 nitrogen and oxygen atoms in total. The van der Waals surface area contributed by atoms with E-state index in [1.165, 1.54) is 7.11 Å². The fourth-order valence-electron chi connectivity index (χ4n) is 2.73. The molecule has 0 radical (unpaired) electrons. The molecule has 0 atom stereocenters. The zero-order valence-electron chi connectivity index (χ0n) is 14.2. The number of nitrogens with two attached hydrogens (primary N) is 1. The van der Waals surface area contributed by atoms with Gasteiger partial charge in [-0.25, -0.2) is 9.78 Å². The lowest BCUT2D eigenvalue weighted by atomic mass is 10.1. The molecule has 0 aliphatic rings. The highest BCUT2D eigenvalue weighted by molar-refractivity contribution is 5.90. The van der Waals surface area contributed by atoms with Crippen LogP contribution >= 0.6 is 0 Å². The quantitative estimate of drug-likeness (QED) is 0.683. The van der Waals surface area contributed by atoms with Gasteiger partial charge in [0.2, 0.25) is 5.95 Å². The van der Waals surface area contributed by atoms with Gasteiger partial charge in [0.15, 0.2) is 5.82 Å². The first-order chi connectivity index (χ1) is 12.1. The molecule has 1 aromatic carbocycles. The summed E-state index contributed by atoms with van der Waals surface area (Å²) in [6, 6.07) is 7.10. The lowest BCUT2D eigenvalue weighted by Crippen LogP contribution is -2.07. The molecule has 0 aliphatic carbocycles. The SMILES string of the molecule is CNc1nc(N)nc2ccn(Cc3ccc(C(=O)OC)cc3OC)c12. The largest absolute Gasteiger partial charge is 0.496 e. The molecule has 3 aromatic rings. The molecule has 0 saturated heterocycles. The zero-order valence-corrected chi connectivity index (χ0v) is 14.2. The number of benzene rings is 1. The summed E-state index contributed by atoms with van der Waals surface area (Å²) in [4.78, 5) is 20.2. The number of aromatic nitrogens is 3. The Labute approximate surface area is 144 Å². The number of ether oxygens (including phenoxy) is 2. The second-order valence-corrected chi connectivity index (χ2v) is 5.38. The van der Waals surface area contributed by atoms with E-state index in [0.29, 0.717) is 23.7 Å². The van der Waals surface area contributed by atoms with E-state index in [9.17, 15) is 4.79 Å². The number of anilines is 2. The summed E-state index contributed by atoms with van der Waals surface area (Å²) in [6.45, 7) is 0.524. The molecule has 25 heavy (non-hydrogen) atoms. The minimum absolute atomic E-state index is 0.217. The molecule has 0 spiro atoms. The van der Waals surface area contributed by atoms with Crippen LogP contribution in [-0.4, -0.2) is 41.8 Å². The molecule has 2 aromatic heterocycles. The van der Waals surface area contributed by atoms with Crippen LogP contribution in [0.4, 0.5) is 11.8 Å². The number of carbonyl (C=O) groups excluding carboxylic acids is 1. The highest BCUT2D eigenvalue weighted by atomic mass is 16.5. The van der Waals surface area contributed by atoms with E-state index in [1.54, 1.807) is 26.3 Å². The molecule has 0 bridgehead atoms. The van der Waals surface area contributed by atoms with Crippen molar-refractivity contribution in [1.29, 1.82) is 0 Å². The second kappa shape index (κ2) is 6.68. The summed E-state index contributed by atoms with van der Waals surface area (Å²) in [5.41, 5.74) is 8.67. The summed E-state index contributed by atoms with van der Waals surface area (Å²) in [7, 11) is 4.69. The lowest BCUT2D eigenvalue weighted by Gasteiger charge is -2.13. The highest BCUT2D eigenvalue weighted by Gasteiger charge is 2.14. The second-order valence-electron chi connectivity index (χ2n) is 5.38. The molecule has 0 amide bonds. The van der Waals surface area contributed by atoms with Gasteiger partial charge in [0.1, 0.15) is 11.3 Å². The predicted molar refractivity (Wildman–Crippen MR) is 94.9 cm³/mol. The van der Waals surface area contributed by atoms with Gasteiger partial charge in [0.05, 0.1) is 31.8 Å². The van der Waals surface area contributed by atoms with Crippen molar-refractivity contribution in [2.24, 2.45) is 0 Å².